The maximum atomic E-state index is 15.3. The van der Waals surface area contributed by atoms with E-state index < -0.39 is 29.0 Å². The van der Waals surface area contributed by atoms with Crippen LogP contribution in [0, 0.1) is 28.5 Å². The Morgan fingerprint density at radius 1 is 1.18 bits per heavy atom. The molecule has 1 atom stereocenters. The molecular formula is C26H22ClFN8O3. The Labute approximate surface area is 227 Å². The number of carbonyl (C=O) groups excluding carboxylic acids is 2. The van der Waals surface area contributed by atoms with Crippen molar-refractivity contribution in [2.45, 2.75) is 45.4 Å². The van der Waals surface area contributed by atoms with Gasteiger partial charge in [0.15, 0.2) is 22.5 Å². The highest BCUT2D eigenvalue weighted by Gasteiger charge is 2.39. The second-order valence-corrected chi connectivity index (χ2v) is 10.2. The second-order valence-electron chi connectivity index (χ2n) is 9.83. The molecule has 1 aliphatic rings. The lowest BCUT2D eigenvalue weighted by atomic mass is 9.90. The normalized spacial score (nSPS) is 16.3. The molecular weight excluding hydrogens is 527 g/mol. The van der Waals surface area contributed by atoms with E-state index in [1.807, 2.05) is 12.1 Å². The number of anilines is 1. The van der Waals surface area contributed by atoms with Crippen LogP contribution >= 0.6 is 11.6 Å². The van der Waals surface area contributed by atoms with Gasteiger partial charge in [-0.25, -0.2) is 19.2 Å². The fourth-order valence-corrected chi connectivity index (χ4v) is 4.16. The number of benzene rings is 1. The maximum absolute atomic E-state index is 15.3. The SMILES string of the molecule is CC(C)(C)OC(=O)NC1=N[C@](C)(c2cc(NC(=O)c3ccc(C#N)cn3)ccc2F)Cn2c1nc(Cl)c2C#N. The number of nitrogens with one attached hydrogen (secondary N) is 2. The first-order chi connectivity index (χ1) is 18.3. The molecule has 4 rings (SSSR count). The molecule has 198 valence electrons. The molecule has 0 saturated heterocycles. The average Bonchev–Trinajstić information content (AvgIpc) is 3.18. The summed E-state index contributed by atoms with van der Waals surface area (Å²) in [5.41, 5.74) is -1.51. The molecule has 2 N–H and O–H groups in total. The molecule has 2 amide bonds. The van der Waals surface area contributed by atoms with Crippen LogP contribution in [0.4, 0.5) is 14.9 Å². The molecule has 0 aliphatic carbocycles. The van der Waals surface area contributed by atoms with E-state index in [9.17, 15) is 14.9 Å². The first-order valence-corrected chi connectivity index (χ1v) is 12.0. The van der Waals surface area contributed by atoms with E-state index in [2.05, 4.69) is 25.6 Å². The highest BCUT2D eigenvalue weighted by atomic mass is 35.5. The second kappa shape index (κ2) is 10.2. The summed E-state index contributed by atoms with van der Waals surface area (Å²) in [6.07, 6.45) is 0.439. The number of hydrogen-bond acceptors (Lipinski definition) is 8. The summed E-state index contributed by atoms with van der Waals surface area (Å²) in [7, 11) is 0. The van der Waals surface area contributed by atoms with Crippen molar-refractivity contribution in [2.75, 3.05) is 5.32 Å². The Kier molecular flexibility index (Phi) is 7.09. The zero-order chi connectivity index (χ0) is 28.5. The number of alkyl carbamates (subject to hydrolysis) is 1. The highest BCUT2D eigenvalue weighted by Crippen LogP contribution is 2.36. The minimum Gasteiger partial charge on any atom is -0.444 e. The molecule has 3 aromatic rings. The average molecular weight is 549 g/mol. The van der Waals surface area contributed by atoms with E-state index in [0.29, 0.717) is 5.56 Å². The van der Waals surface area contributed by atoms with Crippen LogP contribution in [0.15, 0.2) is 41.5 Å². The number of amides is 2. The minimum absolute atomic E-state index is 0.00744. The number of hydrogen-bond donors (Lipinski definition) is 2. The third-order valence-electron chi connectivity index (χ3n) is 5.62. The van der Waals surface area contributed by atoms with Crippen LogP contribution in [0.25, 0.3) is 0 Å². The van der Waals surface area contributed by atoms with E-state index in [1.165, 1.54) is 41.1 Å². The number of pyridine rings is 1. The summed E-state index contributed by atoms with van der Waals surface area (Å²) in [5, 5.41) is 23.7. The van der Waals surface area contributed by atoms with Crippen molar-refractivity contribution < 1.29 is 18.7 Å². The van der Waals surface area contributed by atoms with Crippen molar-refractivity contribution in [3.63, 3.8) is 0 Å². The summed E-state index contributed by atoms with van der Waals surface area (Å²) >= 11 is 6.18. The van der Waals surface area contributed by atoms with Gasteiger partial charge in [0, 0.05) is 17.4 Å². The van der Waals surface area contributed by atoms with Crippen molar-refractivity contribution in [3.05, 3.63) is 75.8 Å². The lowest BCUT2D eigenvalue weighted by Gasteiger charge is -2.33. The zero-order valence-electron chi connectivity index (χ0n) is 21.3. The third-order valence-corrected chi connectivity index (χ3v) is 5.88. The molecule has 0 fully saturated rings. The molecule has 3 heterocycles. The summed E-state index contributed by atoms with van der Waals surface area (Å²) in [4.78, 5) is 38.0. The topological polar surface area (TPSA) is 158 Å². The van der Waals surface area contributed by atoms with Gasteiger partial charge in [-0.1, -0.05) is 11.6 Å². The Bertz CT molecular complexity index is 1600. The Morgan fingerprint density at radius 3 is 2.54 bits per heavy atom. The Hall–Kier alpha value is -4.81. The van der Waals surface area contributed by atoms with Crippen molar-refractivity contribution >= 4 is 35.1 Å². The number of rotatable bonds is 3. The molecule has 0 spiro atoms. The molecule has 0 unspecified atom stereocenters. The number of halogens is 2. The van der Waals surface area contributed by atoms with E-state index >= 15 is 4.39 Å². The van der Waals surface area contributed by atoms with Gasteiger partial charge in [-0.15, -0.1) is 0 Å². The van der Waals surface area contributed by atoms with Crippen molar-refractivity contribution in [1.82, 2.24) is 19.9 Å². The van der Waals surface area contributed by atoms with Crippen LogP contribution in [0.1, 0.15) is 60.8 Å². The number of imidazole rings is 1. The summed E-state index contributed by atoms with van der Waals surface area (Å²) in [6, 6.07) is 10.7. The summed E-state index contributed by atoms with van der Waals surface area (Å²) in [5.74, 6) is -1.17. The van der Waals surface area contributed by atoms with E-state index in [1.54, 1.807) is 27.7 Å². The van der Waals surface area contributed by atoms with E-state index in [-0.39, 0.29) is 46.0 Å². The Morgan fingerprint density at radius 2 is 1.92 bits per heavy atom. The van der Waals surface area contributed by atoms with Crippen molar-refractivity contribution in [1.29, 1.82) is 10.5 Å². The van der Waals surface area contributed by atoms with E-state index in [4.69, 9.17) is 21.6 Å². The van der Waals surface area contributed by atoms with Gasteiger partial charge >= 0.3 is 6.09 Å². The quantitative estimate of drug-likeness (QED) is 0.494. The number of nitrogens with zero attached hydrogens (tertiary/aromatic N) is 6. The van der Waals surface area contributed by atoms with E-state index in [0.717, 1.165) is 0 Å². The third kappa shape index (κ3) is 5.71. The van der Waals surface area contributed by atoms with Crippen molar-refractivity contribution in [2.24, 2.45) is 4.99 Å². The molecule has 11 nitrogen and oxygen atoms in total. The van der Waals surface area contributed by atoms with Gasteiger partial charge in [-0.3, -0.25) is 15.1 Å². The molecule has 2 aromatic heterocycles. The fourth-order valence-electron chi connectivity index (χ4n) is 3.94. The van der Waals surface area contributed by atoms with Crippen molar-refractivity contribution in [3.8, 4) is 12.1 Å². The molecule has 1 aromatic carbocycles. The standard InChI is InChI=1S/C26H22ClFN8O3/c1-25(2,3)39-24(38)34-21-22-33-20(27)19(11-30)36(22)13-26(4,35-21)16-9-15(6-7-17(16)28)32-23(37)18-8-5-14(10-29)12-31-18/h5-9,12H,13H2,1-4H3,(H,32,37)(H,34,35,38)/t26-/m0/s1. The number of fused-ring (bicyclic) bond motifs is 1. The predicted molar refractivity (Wildman–Crippen MR) is 139 cm³/mol. The smallest absolute Gasteiger partial charge is 0.413 e. The molecule has 1 aliphatic heterocycles. The number of nitriles is 2. The lowest BCUT2D eigenvalue weighted by Crippen LogP contribution is -2.44. The van der Waals surface area contributed by atoms with Gasteiger partial charge in [-0.05, 0) is 58.0 Å². The summed E-state index contributed by atoms with van der Waals surface area (Å²) < 4.78 is 22.0. The first kappa shape index (κ1) is 27.2. The van der Waals surface area contributed by atoms with Crippen LogP contribution < -0.4 is 10.6 Å². The van der Waals surface area contributed by atoms with Gasteiger partial charge < -0.3 is 14.6 Å². The van der Waals surface area contributed by atoms with Gasteiger partial charge in [0.2, 0.25) is 0 Å². The van der Waals surface area contributed by atoms with Crippen LogP contribution in [-0.2, 0) is 16.8 Å². The largest absolute Gasteiger partial charge is 0.444 e. The van der Waals surface area contributed by atoms with Gasteiger partial charge in [0.1, 0.15) is 34.8 Å². The molecule has 39 heavy (non-hydrogen) atoms. The molecule has 0 radical (unpaired) electrons. The first-order valence-electron chi connectivity index (χ1n) is 11.6. The van der Waals surface area contributed by atoms with Gasteiger partial charge in [0.25, 0.3) is 5.91 Å². The van der Waals surface area contributed by atoms with Gasteiger partial charge in [0.05, 0.1) is 12.1 Å². The van der Waals surface area contributed by atoms with Crippen LogP contribution in [0.3, 0.4) is 0 Å². The number of carbonyl (C=O) groups is 2. The zero-order valence-corrected chi connectivity index (χ0v) is 22.1. The number of aliphatic imine (C=N–C) groups is 1. The van der Waals surface area contributed by atoms with Gasteiger partial charge in [-0.2, -0.15) is 10.5 Å². The molecule has 0 bridgehead atoms. The van der Waals surface area contributed by atoms with Crippen LogP contribution in [0.2, 0.25) is 5.15 Å². The highest BCUT2D eigenvalue weighted by molar-refractivity contribution is 6.30. The molecule has 13 heteroatoms. The minimum atomic E-state index is -1.37. The van der Waals surface area contributed by atoms with Crippen LogP contribution in [-0.4, -0.2) is 38.0 Å². The van der Waals surface area contributed by atoms with Crippen LogP contribution in [0.5, 0.6) is 0 Å². The molecule has 0 saturated carbocycles. The predicted octanol–water partition coefficient (Wildman–Crippen LogP) is 4.27. The number of aromatic nitrogens is 3. The fraction of sp³-hybridized carbons (Fsp3) is 0.269. The summed E-state index contributed by atoms with van der Waals surface area (Å²) in [6.45, 7) is 6.62. The lowest BCUT2D eigenvalue weighted by molar-refractivity contribution is 0.0562. The number of amidine groups is 1. The monoisotopic (exact) mass is 548 g/mol. The Balaban J connectivity index is 1.73. The number of ether oxygens (including phenoxy) is 1. The maximum Gasteiger partial charge on any atom is 0.413 e.